The monoisotopic (exact) mass is 634 g/mol. The van der Waals surface area contributed by atoms with Gasteiger partial charge in [-0.15, -0.1) is 0 Å². The minimum absolute atomic E-state index is 0.0480. The highest BCUT2D eigenvalue weighted by molar-refractivity contribution is 7.93. The number of likely N-dealkylation sites (tertiary alicyclic amines) is 1. The minimum Gasteiger partial charge on any atom is -0.454 e. The molecule has 1 fully saturated rings. The third-order valence-electron chi connectivity index (χ3n) is 7.50. The molecule has 1 aliphatic rings. The Hall–Kier alpha value is -5.24. The highest BCUT2D eigenvalue weighted by Crippen LogP contribution is 2.30. The zero-order chi connectivity index (χ0) is 31.9. The lowest BCUT2D eigenvalue weighted by atomic mass is 10.1. The number of nitrogen functional groups attached to an aromatic ring is 1. The van der Waals surface area contributed by atoms with E-state index in [0.29, 0.717) is 35.5 Å². The number of benzene rings is 3. The maximum Gasteiger partial charge on any atom is 0.241 e. The first-order chi connectivity index (χ1) is 21.5. The number of rotatable bonds is 9. The topological polar surface area (TPSA) is 152 Å². The molecule has 1 amide bonds. The van der Waals surface area contributed by atoms with Crippen LogP contribution in [0.3, 0.4) is 0 Å². The van der Waals surface area contributed by atoms with E-state index in [0.717, 1.165) is 18.9 Å². The van der Waals surface area contributed by atoms with Crippen LogP contribution < -0.4 is 15.2 Å². The van der Waals surface area contributed by atoms with Crippen LogP contribution >= 0.6 is 0 Å². The summed E-state index contributed by atoms with van der Waals surface area (Å²) in [5.74, 6) is -2.72. The SMILES string of the molecule is Cc1cc(Oc2ccccc2F)ccc1-n1ncc(C(=O)c2cc3cc(F)c(NS(=O)(=O)CC(=O)N4CCCC4)cc3[nH]2)c1N. The Morgan fingerprint density at radius 3 is 2.53 bits per heavy atom. The number of H-pyrrole nitrogens is 1. The summed E-state index contributed by atoms with van der Waals surface area (Å²) in [5.41, 5.74) is 7.67. The molecule has 3 heterocycles. The van der Waals surface area contributed by atoms with Gasteiger partial charge < -0.3 is 20.4 Å². The van der Waals surface area contributed by atoms with Gasteiger partial charge in [-0.25, -0.2) is 21.9 Å². The van der Waals surface area contributed by atoms with E-state index in [1.165, 1.54) is 40.0 Å². The van der Waals surface area contributed by atoms with Crippen molar-refractivity contribution in [3.8, 4) is 17.2 Å². The lowest BCUT2D eigenvalue weighted by Crippen LogP contribution is -2.35. The number of ether oxygens (including phenoxy) is 1. The molecule has 0 atom stereocenters. The average Bonchev–Trinajstić information content (AvgIpc) is 3.75. The summed E-state index contributed by atoms with van der Waals surface area (Å²) in [4.78, 5) is 30.1. The van der Waals surface area contributed by atoms with Crippen molar-refractivity contribution < 1.29 is 31.5 Å². The molecule has 45 heavy (non-hydrogen) atoms. The van der Waals surface area contributed by atoms with E-state index >= 15 is 0 Å². The smallest absolute Gasteiger partial charge is 0.241 e. The fourth-order valence-electron chi connectivity index (χ4n) is 5.23. The number of nitrogens with two attached hydrogens (primary N) is 1. The molecule has 4 N–H and O–H groups in total. The van der Waals surface area contributed by atoms with Crippen molar-refractivity contribution in [3.63, 3.8) is 0 Å². The van der Waals surface area contributed by atoms with Crippen LogP contribution in [0.4, 0.5) is 20.3 Å². The van der Waals surface area contributed by atoms with Crippen molar-refractivity contribution in [2.75, 3.05) is 29.3 Å². The molecule has 232 valence electrons. The van der Waals surface area contributed by atoms with Crippen molar-refractivity contribution in [2.45, 2.75) is 19.8 Å². The fraction of sp³-hybridized carbons (Fsp3) is 0.194. The highest BCUT2D eigenvalue weighted by Gasteiger charge is 2.26. The largest absolute Gasteiger partial charge is 0.454 e. The van der Waals surface area contributed by atoms with Crippen LogP contribution in [0, 0.1) is 18.6 Å². The summed E-state index contributed by atoms with van der Waals surface area (Å²) < 4.78 is 63.3. The summed E-state index contributed by atoms with van der Waals surface area (Å²) in [6, 6.07) is 14.7. The normalized spacial score (nSPS) is 13.4. The van der Waals surface area contributed by atoms with Crippen molar-refractivity contribution in [1.29, 1.82) is 0 Å². The summed E-state index contributed by atoms with van der Waals surface area (Å²) in [6.07, 6.45) is 2.93. The number of aryl methyl sites for hydroxylation is 1. The lowest BCUT2D eigenvalue weighted by Gasteiger charge is -2.16. The molecule has 0 spiro atoms. The zero-order valence-electron chi connectivity index (χ0n) is 24.0. The summed E-state index contributed by atoms with van der Waals surface area (Å²) in [5, 5.41) is 4.60. The first-order valence-corrected chi connectivity index (χ1v) is 15.7. The van der Waals surface area contributed by atoms with E-state index in [1.807, 2.05) is 0 Å². The number of carbonyl (C=O) groups is 2. The van der Waals surface area contributed by atoms with Gasteiger partial charge in [0.25, 0.3) is 0 Å². The van der Waals surface area contributed by atoms with Crippen LogP contribution in [-0.2, 0) is 14.8 Å². The Kier molecular flexibility index (Phi) is 7.74. The average molecular weight is 635 g/mol. The van der Waals surface area contributed by atoms with Gasteiger partial charge in [-0.05, 0) is 73.9 Å². The predicted molar refractivity (Wildman–Crippen MR) is 164 cm³/mol. The van der Waals surface area contributed by atoms with Crippen LogP contribution in [0.5, 0.6) is 11.5 Å². The Morgan fingerprint density at radius 1 is 1.04 bits per heavy atom. The fourth-order valence-corrected chi connectivity index (χ4v) is 6.30. The molecule has 0 saturated carbocycles. The molecule has 1 saturated heterocycles. The molecular formula is C31H28F2N6O5S. The van der Waals surface area contributed by atoms with Crippen molar-refractivity contribution >= 4 is 44.1 Å². The number of anilines is 2. The number of fused-ring (bicyclic) bond motifs is 1. The van der Waals surface area contributed by atoms with E-state index < -0.39 is 39.1 Å². The van der Waals surface area contributed by atoms with Crippen LogP contribution in [0.1, 0.15) is 34.5 Å². The Balaban J connectivity index is 1.21. The van der Waals surface area contributed by atoms with E-state index in [-0.39, 0.29) is 34.0 Å². The Morgan fingerprint density at radius 2 is 1.80 bits per heavy atom. The third-order valence-corrected chi connectivity index (χ3v) is 8.66. The number of aromatic nitrogens is 3. The third kappa shape index (κ3) is 6.09. The predicted octanol–water partition coefficient (Wildman–Crippen LogP) is 4.91. The van der Waals surface area contributed by atoms with Gasteiger partial charge in [0, 0.05) is 24.0 Å². The summed E-state index contributed by atoms with van der Waals surface area (Å²) in [7, 11) is -4.18. The number of hydrogen-bond donors (Lipinski definition) is 3. The second-order valence-corrected chi connectivity index (χ2v) is 12.4. The second kappa shape index (κ2) is 11.7. The molecule has 0 radical (unpaired) electrons. The second-order valence-electron chi connectivity index (χ2n) is 10.7. The Bertz CT molecular complexity index is 2070. The first-order valence-electron chi connectivity index (χ1n) is 14.0. The molecule has 11 nitrogen and oxygen atoms in total. The number of sulfonamides is 1. The number of carbonyl (C=O) groups excluding carboxylic acids is 2. The number of nitrogens with one attached hydrogen (secondary N) is 2. The number of hydrogen-bond acceptors (Lipinski definition) is 7. The van der Waals surface area contributed by atoms with E-state index in [4.69, 9.17) is 10.5 Å². The molecule has 5 aromatic rings. The van der Waals surface area contributed by atoms with Gasteiger partial charge in [-0.1, -0.05) is 12.1 Å². The standard InChI is InChI=1S/C31H28F2N6O5S/c1-18-12-20(44-28-7-3-2-6-22(28)32)8-9-27(18)39-31(34)21(16-35-39)30(41)26-14-19-13-23(33)25(15-24(19)36-26)37-45(42,43)17-29(40)38-10-4-5-11-38/h2-3,6-9,12-16,36-37H,4-5,10-11,17,34H2,1H3. The summed E-state index contributed by atoms with van der Waals surface area (Å²) >= 11 is 0. The van der Waals surface area contributed by atoms with Crippen LogP contribution in [0.25, 0.3) is 16.6 Å². The maximum absolute atomic E-state index is 14.9. The van der Waals surface area contributed by atoms with Gasteiger partial charge in [0.05, 0.1) is 28.8 Å². The summed E-state index contributed by atoms with van der Waals surface area (Å²) in [6.45, 7) is 2.77. The molecular weight excluding hydrogens is 606 g/mol. The van der Waals surface area contributed by atoms with Gasteiger partial charge in [0.1, 0.15) is 23.1 Å². The van der Waals surface area contributed by atoms with Gasteiger partial charge in [0.2, 0.25) is 21.7 Å². The number of halogens is 2. The number of aromatic amines is 1. The lowest BCUT2D eigenvalue weighted by molar-refractivity contribution is -0.127. The van der Waals surface area contributed by atoms with Gasteiger partial charge >= 0.3 is 0 Å². The molecule has 14 heteroatoms. The van der Waals surface area contributed by atoms with Crippen molar-refractivity contribution in [1.82, 2.24) is 19.7 Å². The zero-order valence-corrected chi connectivity index (χ0v) is 24.8. The van der Waals surface area contributed by atoms with Crippen LogP contribution in [-0.4, -0.2) is 58.6 Å². The molecule has 2 aromatic heterocycles. The van der Waals surface area contributed by atoms with Gasteiger partial charge in [-0.3, -0.25) is 14.3 Å². The molecule has 1 aliphatic heterocycles. The van der Waals surface area contributed by atoms with Crippen molar-refractivity contribution in [2.24, 2.45) is 0 Å². The van der Waals surface area contributed by atoms with Gasteiger partial charge in [0.15, 0.2) is 11.6 Å². The van der Waals surface area contributed by atoms with Crippen LogP contribution in [0.2, 0.25) is 0 Å². The van der Waals surface area contributed by atoms with E-state index in [2.05, 4.69) is 14.8 Å². The van der Waals surface area contributed by atoms with Crippen molar-refractivity contribution in [3.05, 3.63) is 95.3 Å². The molecule has 0 aliphatic carbocycles. The molecule has 0 bridgehead atoms. The van der Waals surface area contributed by atoms with E-state index in [9.17, 15) is 26.8 Å². The Labute approximate surface area is 256 Å². The quantitative estimate of drug-likeness (QED) is 0.195. The molecule has 0 unspecified atom stereocenters. The maximum atomic E-state index is 14.9. The van der Waals surface area contributed by atoms with Gasteiger partial charge in [-0.2, -0.15) is 5.10 Å². The number of nitrogens with zero attached hydrogens (tertiary/aromatic N) is 3. The van der Waals surface area contributed by atoms with E-state index in [1.54, 1.807) is 37.3 Å². The number of amides is 1. The molecule has 3 aromatic carbocycles. The van der Waals surface area contributed by atoms with Crippen LogP contribution in [0.15, 0.2) is 66.9 Å². The highest BCUT2D eigenvalue weighted by atomic mass is 32.2. The number of para-hydroxylation sites is 1. The molecule has 6 rings (SSSR count). The number of ketones is 1. The minimum atomic E-state index is -4.18. The first kappa shape index (κ1) is 29.8.